The van der Waals surface area contributed by atoms with Gasteiger partial charge in [0.2, 0.25) is 0 Å². The topological polar surface area (TPSA) is 268 Å². The normalized spacial score (nSPS) is 12.4. The molecule has 0 spiro atoms. The van der Waals surface area contributed by atoms with Gasteiger partial charge in [-0.2, -0.15) is 10.2 Å². The lowest BCUT2D eigenvalue weighted by atomic mass is 10.0. The van der Waals surface area contributed by atoms with Crippen molar-refractivity contribution in [2.45, 2.75) is 37.5 Å². The number of azo groups is 2. The molecule has 0 radical (unpaired) electrons. The largest absolute Gasteiger partial charge is 0.744 e. The van der Waals surface area contributed by atoms with Crippen molar-refractivity contribution in [2.75, 3.05) is 22.9 Å². The van der Waals surface area contributed by atoms with Gasteiger partial charge in [-0.15, -0.1) is 10.2 Å². The zero-order chi connectivity index (χ0) is 32.7. The van der Waals surface area contributed by atoms with E-state index in [-0.39, 0.29) is 34.1 Å². The monoisotopic (exact) mass is 636 g/mol. The van der Waals surface area contributed by atoms with Crippen LogP contribution in [0.25, 0.3) is 11.1 Å². The first-order chi connectivity index (χ1) is 20.4. The standard InChI is InChI=1S/C28H30N8O6S2/c1-13-9-17(5-7-19(13)33-35-27-23(29)15(3)11-21(25(27)31)43(37,38)39)18-6-8-20(14(2)10-18)34-36-28-24(30)16(4)12-22(26(28)32)44(40,41)42/h5-12H,29-32H2,1-4H3,(H,37,38,39)(H,40,41,42)/p-2. The van der Waals surface area contributed by atoms with Gasteiger partial charge in [0, 0.05) is 0 Å². The molecule has 0 fully saturated rings. The van der Waals surface area contributed by atoms with Crippen LogP contribution in [0.3, 0.4) is 0 Å². The predicted molar refractivity (Wildman–Crippen MR) is 166 cm³/mol. The number of benzene rings is 4. The lowest BCUT2D eigenvalue weighted by Gasteiger charge is -2.15. The van der Waals surface area contributed by atoms with Gasteiger partial charge in [-0.05, 0) is 97.5 Å². The van der Waals surface area contributed by atoms with Crippen LogP contribution in [-0.4, -0.2) is 25.9 Å². The molecule has 0 atom stereocenters. The highest BCUT2D eigenvalue weighted by atomic mass is 32.2. The molecule has 0 heterocycles. The number of nitrogen functional groups attached to an aromatic ring is 4. The molecule has 4 aromatic rings. The fourth-order valence-corrected chi connectivity index (χ4v) is 5.71. The van der Waals surface area contributed by atoms with E-state index >= 15 is 0 Å². The van der Waals surface area contributed by atoms with Crippen LogP contribution in [0.4, 0.5) is 45.5 Å². The van der Waals surface area contributed by atoms with Crippen molar-refractivity contribution in [2.24, 2.45) is 20.5 Å². The number of nitrogens with two attached hydrogens (primary N) is 4. The highest BCUT2D eigenvalue weighted by molar-refractivity contribution is 7.86. The maximum absolute atomic E-state index is 11.6. The molecule has 0 saturated heterocycles. The second kappa shape index (κ2) is 11.6. The van der Waals surface area contributed by atoms with E-state index in [1.807, 2.05) is 12.1 Å². The summed E-state index contributed by atoms with van der Waals surface area (Å²) in [5, 5.41) is 16.5. The third-order valence-electron chi connectivity index (χ3n) is 6.88. The van der Waals surface area contributed by atoms with Gasteiger partial charge >= 0.3 is 0 Å². The second-order valence-electron chi connectivity index (χ2n) is 10.0. The molecule has 0 unspecified atom stereocenters. The smallest absolute Gasteiger partial charge is 0.133 e. The molecular weight excluding hydrogens is 608 g/mol. The van der Waals surface area contributed by atoms with E-state index in [0.717, 1.165) is 34.4 Å². The number of aryl methyl sites for hydroxylation is 4. The Balaban J connectivity index is 1.64. The number of hydrogen-bond acceptors (Lipinski definition) is 14. The summed E-state index contributed by atoms with van der Waals surface area (Å²) in [6.45, 7) is 6.66. The van der Waals surface area contributed by atoms with Gasteiger partial charge in [0.1, 0.15) is 31.6 Å². The molecule has 44 heavy (non-hydrogen) atoms. The van der Waals surface area contributed by atoms with Crippen molar-refractivity contribution >= 4 is 65.7 Å². The lowest BCUT2D eigenvalue weighted by Crippen LogP contribution is -2.06. The zero-order valence-electron chi connectivity index (χ0n) is 24.0. The number of nitrogens with zero attached hydrogens (tertiary/aromatic N) is 4. The summed E-state index contributed by atoms with van der Waals surface area (Å²) >= 11 is 0. The molecule has 0 amide bonds. The van der Waals surface area contributed by atoms with Crippen LogP contribution in [0.5, 0.6) is 0 Å². The molecule has 14 nitrogen and oxygen atoms in total. The maximum atomic E-state index is 11.6. The third kappa shape index (κ3) is 6.37. The van der Waals surface area contributed by atoms with Crippen LogP contribution in [0.2, 0.25) is 0 Å². The minimum Gasteiger partial charge on any atom is -0.744 e. The molecule has 4 rings (SSSR count). The van der Waals surface area contributed by atoms with Gasteiger partial charge in [-0.1, -0.05) is 12.1 Å². The van der Waals surface area contributed by atoms with Gasteiger partial charge in [-0.3, -0.25) is 0 Å². The molecule has 0 aliphatic carbocycles. The van der Waals surface area contributed by atoms with E-state index in [1.165, 1.54) is 13.8 Å². The minimum absolute atomic E-state index is 0.101. The summed E-state index contributed by atoms with van der Waals surface area (Å²) in [5.74, 6) is 0. The first-order valence-electron chi connectivity index (χ1n) is 12.7. The van der Waals surface area contributed by atoms with Crippen LogP contribution < -0.4 is 22.9 Å². The van der Waals surface area contributed by atoms with Crippen molar-refractivity contribution in [3.63, 3.8) is 0 Å². The van der Waals surface area contributed by atoms with Gasteiger partial charge in [0.15, 0.2) is 0 Å². The summed E-state index contributed by atoms with van der Waals surface area (Å²) in [5.41, 5.74) is 27.7. The number of hydrogen-bond donors (Lipinski definition) is 4. The van der Waals surface area contributed by atoms with Crippen LogP contribution >= 0.6 is 0 Å². The molecule has 0 aromatic heterocycles. The van der Waals surface area contributed by atoms with E-state index in [0.29, 0.717) is 22.5 Å². The van der Waals surface area contributed by atoms with Gasteiger partial charge in [-0.25, -0.2) is 16.8 Å². The van der Waals surface area contributed by atoms with Crippen LogP contribution in [0.1, 0.15) is 22.3 Å². The van der Waals surface area contributed by atoms with Crippen molar-refractivity contribution in [1.29, 1.82) is 0 Å². The quantitative estimate of drug-likeness (QED) is 0.111. The summed E-state index contributed by atoms with van der Waals surface area (Å²) in [4.78, 5) is -1.23. The fraction of sp³-hybridized carbons (Fsp3) is 0.143. The van der Waals surface area contributed by atoms with Crippen molar-refractivity contribution < 1.29 is 25.9 Å². The average Bonchev–Trinajstić information content (AvgIpc) is 2.92. The predicted octanol–water partition coefficient (Wildman–Crippen LogP) is 5.56. The van der Waals surface area contributed by atoms with Crippen molar-refractivity contribution in [3.8, 4) is 11.1 Å². The first kappa shape index (κ1) is 32.0. The fourth-order valence-electron chi connectivity index (χ4n) is 4.33. The lowest BCUT2D eigenvalue weighted by molar-refractivity contribution is 0.461. The van der Waals surface area contributed by atoms with Gasteiger partial charge in [0.25, 0.3) is 0 Å². The molecule has 8 N–H and O–H groups in total. The Kier molecular flexibility index (Phi) is 8.48. The molecule has 230 valence electrons. The minimum atomic E-state index is -4.85. The summed E-state index contributed by atoms with van der Waals surface area (Å²) in [6.07, 6.45) is 0. The number of rotatable bonds is 7. The second-order valence-corrected chi connectivity index (χ2v) is 12.7. The molecule has 0 aliphatic rings. The molecule has 16 heteroatoms. The summed E-state index contributed by atoms with van der Waals surface area (Å²) < 4.78 is 69.6. The molecule has 0 saturated carbocycles. The Morgan fingerprint density at radius 3 is 1.14 bits per heavy atom. The van der Waals surface area contributed by atoms with E-state index in [2.05, 4.69) is 20.5 Å². The molecule has 0 aliphatic heterocycles. The number of anilines is 4. The van der Waals surface area contributed by atoms with Gasteiger partial charge < -0.3 is 32.0 Å². The van der Waals surface area contributed by atoms with Crippen molar-refractivity contribution in [1.82, 2.24) is 0 Å². The van der Waals surface area contributed by atoms with E-state index in [4.69, 9.17) is 22.9 Å². The van der Waals surface area contributed by atoms with Crippen LogP contribution in [0, 0.1) is 27.7 Å². The van der Waals surface area contributed by atoms with E-state index in [1.54, 1.807) is 38.1 Å². The first-order valence-corrected chi connectivity index (χ1v) is 15.6. The highest BCUT2D eigenvalue weighted by Gasteiger charge is 2.18. The third-order valence-corrected chi connectivity index (χ3v) is 8.63. The van der Waals surface area contributed by atoms with Crippen LogP contribution in [0.15, 0.2) is 78.8 Å². The highest BCUT2D eigenvalue weighted by Crippen LogP contribution is 2.40. The molecule has 4 aromatic carbocycles. The molecular formula is C28H28N8O6S2-2. The van der Waals surface area contributed by atoms with Crippen LogP contribution in [-0.2, 0) is 20.2 Å². The van der Waals surface area contributed by atoms with E-state index < -0.39 is 30.0 Å². The SMILES string of the molecule is Cc1cc(-c2ccc(N=Nc3c(N)c(C)cc(S(=O)(=O)[O-])c3N)c(C)c2)ccc1N=Nc1c(N)c(C)cc(S(=O)(=O)[O-])c1N. The maximum Gasteiger partial charge on any atom is 0.133 e. The Bertz CT molecular complexity index is 1960. The Hall–Kier alpha value is -4.90. The Morgan fingerprint density at radius 2 is 0.841 bits per heavy atom. The zero-order valence-corrected chi connectivity index (χ0v) is 25.6. The Labute approximate surface area is 254 Å². The molecule has 0 bridgehead atoms. The summed E-state index contributed by atoms with van der Waals surface area (Å²) in [7, 11) is -9.70. The Morgan fingerprint density at radius 1 is 0.500 bits per heavy atom. The van der Waals surface area contributed by atoms with Gasteiger partial charge in [0.05, 0.1) is 43.9 Å². The summed E-state index contributed by atoms with van der Waals surface area (Å²) in [6, 6.07) is 12.9. The van der Waals surface area contributed by atoms with Crippen molar-refractivity contribution in [3.05, 3.63) is 70.8 Å². The average molecular weight is 637 g/mol. The van der Waals surface area contributed by atoms with E-state index in [9.17, 15) is 25.9 Å².